The van der Waals surface area contributed by atoms with Crippen LogP contribution in [0.25, 0.3) is 0 Å². The molecule has 3 rings (SSSR count). The van der Waals surface area contributed by atoms with Crippen molar-refractivity contribution in [2.45, 2.75) is 13.1 Å². The minimum atomic E-state index is -0.325. The van der Waals surface area contributed by atoms with E-state index in [9.17, 15) is 9.18 Å². The molecule has 8 nitrogen and oxygen atoms in total. The van der Waals surface area contributed by atoms with Crippen LogP contribution in [0.4, 0.5) is 10.1 Å². The highest BCUT2D eigenvalue weighted by Gasteiger charge is 2.20. The van der Waals surface area contributed by atoms with Crippen molar-refractivity contribution in [1.29, 1.82) is 0 Å². The van der Waals surface area contributed by atoms with Crippen molar-refractivity contribution in [2.24, 2.45) is 5.73 Å². The number of rotatable bonds is 6. The summed E-state index contributed by atoms with van der Waals surface area (Å²) in [4.78, 5) is 20.6. The lowest BCUT2D eigenvalue weighted by Crippen LogP contribution is -2.48. The van der Waals surface area contributed by atoms with E-state index < -0.39 is 0 Å². The summed E-state index contributed by atoms with van der Waals surface area (Å²) in [6, 6.07) is 5.74. The molecule has 1 saturated heterocycles. The Hall–Kier alpha value is -1.78. The summed E-state index contributed by atoms with van der Waals surface area (Å²) < 4.78 is 17.9. The molecule has 2 heterocycles. The fourth-order valence-electron chi connectivity index (χ4n) is 2.68. The number of nitrogens with one attached hydrogen (secondary N) is 1. The molecule has 0 unspecified atom stereocenters. The molecule has 1 aromatic carbocycles. The van der Waals surface area contributed by atoms with Gasteiger partial charge in [0.05, 0.1) is 19.6 Å². The number of benzene rings is 1. The van der Waals surface area contributed by atoms with E-state index in [0.29, 0.717) is 30.5 Å². The molecule has 150 valence electrons. The molecule has 11 heteroatoms. The van der Waals surface area contributed by atoms with E-state index in [2.05, 4.69) is 25.3 Å². The molecule has 0 bridgehead atoms. The molecule has 0 aliphatic carbocycles. The smallest absolute Gasteiger partial charge is 0.240 e. The van der Waals surface area contributed by atoms with Gasteiger partial charge in [-0.3, -0.25) is 14.6 Å². The highest BCUT2D eigenvalue weighted by molar-refractivity contribution is 5.92. The van der Waals surface area contributed by atoms with E-state index >= 15 is 0 Å². The maximum atomic E-state index is 12.9. The molecule has 27 heavy (non-hydrogen) atoms. The van der Waals surface area contributed by atoms with Gasteiger partial charge in [-0.1, -0.05) is 5.16 Å². The second-order valence-corrected chi connectivity index (χ2v) is 5.92. The lowest BCUT2D eigenvalue weighted by molar-refractivity contribution is -0.117. The van der Waals surface area contributed by atoms with Gasteiger partial charge >= 0.3 is 0 Å². The first-order chi connectivity index (χ1) is 12.1. The fraction of sp³-hybridized carbons (Fsp3) is 0.438. The zero-order chi connectivity index (χ0) is 17.6. The highest BCUT2D eigenvalue weighted by atomic mass is 35.5. The molecule has 0 spiro atoms. The number of piperazine rings is 1. The van der Waals surface area contributed by atoms with Crippen molar-refractivity contribution >= 4 is 36.4 Å². The molecule has 2 aromatic rings. The molecule has 0 radical (unpaired) electrons. The lowest BCUT2D eigenvalue weighted by atomic mass is 10.3. The van der Waals surface area contributed by atoms with Crippen LogP contribution >= 0.6 is 24.8 Å². The summed E-state index contributed by atoms with van der Waals surface area (Å²) in [7, 11) is 0. The Bertz CT molecular complexity index is 707. The zero-order valence-corrected chi connectivity index (χ0v) is 16.3. The van der Waals surface area contributed by atoms with E-state index in [1.54, 1.807) is 12.1 Å². The molecule has 0 saturated carbocycles. The number of aromatic nitrogens is 2. The van der Waals surface area contributed by atoms with Crippen molar-refractivity contribution in [2.75, 3.05) is 38.0 Å². The van der Waals surface area contributed by atoms with Gasteiger partial charge in [-0.05, 0) is 24.3 Å². The highest BCUT2D eigenvalue weighted by Crippen LogP contribution is 2.10. The Morgan fingerprint density at radius 2 is 1.78 bits per heavy atom. The van der Waals surface area contributed by atoms with Crippen LogP contribution in [0.5, 0.6) is 0 Å². The molecule has 1 aliphatic heterocycles. The van der Waals surface area contributed by atoms with Gasteiger partial charge in [0.2, 0.25) is 11.8 Å². The molecule has 1 aromatic heterocycles. The third-order valence-electron chi connectivity index (χ3n) is 4.01. The largest absolute Gasteiger partial charge is 0.338 e. The first-order valence-corrected chi connectivity index (χ1v) is 8.14. The van der Waals surface area contributed by atoms with Gasteiger partial charge in [-0.25, -0.2) is 4.39 Å². The van der Waals surface area contributed by atoms with E-state index in [1.165, 1.54) is 12.1 Å². The van der Waals surface area contributed by atoms with E-state index in [1.807, 2.05) is 0 Å². The van der Waals surface area contributed by atoms with Crippen molar-refractivity contribution < 1.29 is 13.7 Å². The molecular formula is C16H23Cl2FN6O2. The predicted molar refractivity (Wildman–Crippen MR) is 103 cm³/mol. The second kappa shape index (κ2) is 11.2. The van der Waals surface area contributed by atoms with E-state index in [4.69, 9.17) is 10.3 Å². The quantitative estimate of drug-likeness (QED) is 0.725. The monoisotopic (exact) mass is 420 g/mol. The molecule has 1 amide bonds. The second-order valence-electron chi connectivity index (χ2n) is 5.92. The van der Waals surface area contributed by atoms with Gasteiger partial charge in [-0.2, -0.15) is 4.98 Å². The first-order valence-electron chi connectivity index (χ1n) is 8.14. The zero-order valence-electron chi connectivity index (χ0n) is 14.6. The van der Waals surface area contributed by atoms with Gasteiger partial charge in [-0.15, -0.1) is 24.8 Å². The summed E-state index contributed by atoms with van der Waals surface area (Å²) >= 11 is 0. The Kier molecular flexibility index (Phi) is 9.61. The number of carbonyl (C=O) groups is 1. The Labute approximate surface area is 169 Å². The Morgan fingerprint density at radius 3 is 2.37 bits per heavy atom. The van der Waals surface area contributed by atoms with Crippen LogP contribution in [-0.2, 0) is 17.9 Å². The molecular weight excluding hydrogens is 398 g/mol. The average molecular weight is 421 g/mol. The number of carbonyl (C=O) groups excluding carboxylic acids is 1. The van der Waals surface area contributed by atoms with Gasteiger partial charge in [0, 0.05) is 31.9 Å². The van der Waals surface area contributed by atoms with Crippen molar-refractivity contribution in [3.63, 3.8) is 0 Å². The third-order valence-corrected chi connectivity index (χ3v) is 4.01. The van der Waals surface area contributed by atoms with E-state index in [-0.39, 0.29) is 43.1 Å². The number of hydrogen-bond donors (Lipinski definition) is 2. The summed E-state index contributed by atoms with van der Waals surface area (Å²) in [5.74, 6) is 0.633. The summed E-state index contributed by atoms with van der Waals surface area (Å²) in [6.45, 7) is 4.34. The standard InChI is InChI=1S/C16H21FN6O2.2ClH/c17-12-1-3-13(4-2-12)19-15(24)11-23-7-5-22(6-8-23)10-14-20-16(9-18)25-21-14;;/h1-4H,5-11,18H2,(H,19,24);2*1H. The van der Waals surface area contributed by atoms with Crippen LogP contribution in [-0.4, -0.2) is 58.6 Å². The number of nitrogens with zero attached hydrogens (tertiary/aromatic N) is 4. The number of hydrogen-bond acceptors (Lipinski definition) is 7. The average Bonchev–Trinajstić information content (AvgIpc) is 3.06. The van der Waals surface area contributed by atoms with Crippen molar-refractivity contribution in [3.8, 4) is 0 Å². The third kappa shape index (κ3) is 7.04. The fourth-order valence-corrected chi connectivity index (χ4v) is 2.68. The lowest BCUT2D eigenvalue weighted by Gasteiger charge is -2.33. The van der Waals surface area contributed by atoms with Crippen LogP contribution in [0.15, 0.2) is 28.8 Å². The van der Waals surface area contributed by atoms with Crippen LogP contribution in [0.3, 0.4) is 0 Å². The SMILES string of the molecule is Cl.Cl.NCc1nc(CN2CCN(CC(=O)Nc3ccc(F)cc3)CC2)no1. The van der Waals surface area contributed by atoms with Crippen LogP contribution in [0.1, 0.15) is 11.7 Å². The van der Waals surface area contributed by atoms with Gasteiger partial charge in [0.15, 0.2) is 5.82 Å². The van der Waals surface area contributed by atoms with Gasteiger partial charge in [0.25, 0.3) is 0 Å². The Balaban J connectivity index is 0.00000182. The van der Waals surface area contributed by atoms with Crippen LogP contribution < -0.4 is 11.1 Å². The molecule has 3 N–H and O–H groups in total. The topological polar surface area (TPSA) is 101 Å². The first kappa shape index (κ1) is 23.3. The van der Waals surface area contributed by atoms with Crippen LogP contribution in [0.2, 0.25) is 0 Å². The maximum absolute atomic E-state index is 12.9. The normalized spacial score (nSPS) is 14.9. The minimum Gasteiger partial charge on any atom is -0.338 e. The molecule has 1 fully saturated rings. The van der Waals surface area contributed by atoms with Crippen molar-refractivity contribution in [3.05, 3.63) is 41.8 Å². The van der Waals surface area contributed by atoms with Gasteiger partial charge in [0.1, 0.15) is 5.82 Å². The maximum Gasteiger partial charge on any atom is 0.240 e. The van der Waals surface area contributed by atoms with Crippen LogP contribution in [0, 0.1) is 5.82 Å². The van der Waals surface area contributed by atoms with Gasteiger partial charge < -0.3 is 15.6 Å². The van der Waals surface area contributed by atoms with Crippen molar-refractivity contribution in [1.82, 2.24) is 19.9 Å². The minimum absolute atomic E-state index is 0. The molecule has 0 atom stereocenters. The number of anilines is 1. The number of halogens is 3. The molecule has 1 aliphatic rings. The van der Waals surface area contributed by atoms with E-state index in [0.717, 1.165) is 26.2 Å². The predicted octanol–water partition coefficient (Wildman–Crippen LogP) is 1.27. The summed E-state index contributed by atoms with van der Waals surface area (Å²) in [5, 5.41) is 6.66. The summed E-state index contributed by atoms with van der Waals surface area (Å²) in [5.41, 5.74) is 6.05. The number of nitrogens with two attached hydrogens (primary N) is 1. The Morgan fingerprint density at radius 1 is 1.15 bits per heavy atom. The summed E-state index contributed by atoms with van der Waals surface area (Å²) in [6.07, 6.45) is 0. The number of amides is 1.